The molecule has 0 aliphatic carbocycles. The molecule has 0 saturated carbocycles. The van der Waals surface area contributed by atoms with Gasteiger partial charge in [-0.2, -0.15) is 4.98 Å². The molecule has 1 amide bonds. The van der Waals surface area contributed by atoms with E-state index < -0.39 is 0 Å². The topological polar surface area (TPSA) is 106 Å². The summed E-state index contributed by atoms with van der Waals surface area (Å²) in [6, 6.07) is 1.79. The number of amides is 1. The Bertz CT molecular complexity index is 579. The first-order valence-corrected chi connectivity index (χ1v) is 6.43. The van der Waals surface area contributed by atoms with E-state index in [4.69, 9.17) is 4.52 Å². The van der Waals surface area contributed by atoms with E-state index in [1.807, 2.05) is 0 Å². The van der Waals surface area contributed by atoms with Crippen LogP contribution in [-0.2, 0) is 6.54 Å². The molecule has 20 heavy (non-hydrogen) atoms. The fraction of sp³-hybridized carbons (Fsp3) is 0.417. The van der Waals surface area contributed by atoms with Crippen LogP contribution in [0.15, 0.2) is 23.1 Å². The first kappa shape index (κ1) is 12.7. The minimum atomic E-state index is -0.378. The van der Waals surface area contributed by atoms with Crippen LogP contribution in [0.4, 0.5) is 0 Å². The molecule has 0 aromatic carbocycles. The summed E-state index contributed by atoms with van der Waals surface area (Å²) in [5.74, 6) is 0.133. The Kier molecular flexibility index (Phi) is 3.64. The number of carbonyl (C=O) groups is 1. The van der Waals surface area contributed by atoms with Gasteiger partial charge in [0.05, 0.1) is 18.3 Å². The van der Waals surface area contributed by atoms with Crippen LogP contribution in [-0.4, -0.2) is 32.6 Å². The fourth-order valence-electron chi connectivity index (χ4n) is 2.04. The van der Waals surface area contributed by atoms with Crippen molar-refractivity contribution in [2.24, 2.45) is 0 Å². The van der Waals surface area contributed by atoms with E-state index in [0.717, 1.165) is 25.1 Å². The van der Waals surface area contributed by atoms with Crippen LogP contribution in [0.3, 0.4) is 0 Å². The predicted molar refractivity (Wildman–Crippen MR) is 67.5 cm³/mol. The van der Waals surface area contributed by atoms with Crippen molar-refractivity contribution in [1.82, 2.24) is 30.7 Å². The Morgan fingerprint density at radius 1 is 1.55 bits per heavy atom. The van der Waals surface area contributed by atoms with E-state index in [1.54, 1.807) is 12.3 Å². The quantitative estimate of drug-likeness (QED) is 0.821. The first-order valence-electron chi connectivity index (χ1n) is 6.43. The Balaban J connectivity index is 1.59. The lowest BCUT2D eigenvalue weighted by atomic mass is 10.2. The average molecular weight is 274 g/mol. The van der Waals surface area contributed by atoms with Gasteiger partial charge in [-0.25, -0.2) is 9.97 Å². The summed E-state index contributed by atoms with van der Waals surface area (Å²) < 4.78 is 5.11. The molecule has 0 spiro atoms. The highest BCUT2D eigenvalue weighted by molar-refractivity contribution is 5.90. The molecule has 2 aromatic rings. The summed E-state index contributed by atoms with van der Waals surface area (Å²) in [6.07, 6.45) is 5.07. The molecule has 1 atom stereocenters. The van der Waals surface area contributed by atoms with Crippen molar-refractivity contribution < 1.29 is 9.32 Å². The normalized spacial score (nSPS) is 18.1. The van der Waals surface area contributed by atoms with Gasteiger partial charge in [0, 0.05) is 6.20 Å². The smallest absolute Gasteiger partial charge is 0.293 e. The molecule has 1 saturated heterocycles. The lowest BCUT2D eigenvalue weighted by Gasteiger charge is -2.02. The van der Waals surface area contributed by atoms with E-state index in [-0.39, 0.29) is 17.8 Å². The van der Waals surface area contributed by atoms with Crippen LogP contribution in [0, 0.1) is 0 Å². The van der Waals surface area contributed by atoms with Crippen molar-refractivity contribution in [2.45, 2.75) is 25.4 Å². The van der Waals surface area contributed by atoms with Gasteiger partial charge in [-0.15, -0.1) is 0 Å². The van der Waals surface area contributed by atoms with Crippen LogP contribution in [0.25, 0.3) is 0 Å². The van der Waals surface area contributed by atoms with Gasteiger partial charge >= 0.3 is 0 Å². The molecule has 3 heterocycles. The summed E-state index contributed by atoms with van der Waals surface area (Å²) >= 11 is 0. The Morgan fingerprint density at radius 3 is 3.25 bits per heavy atom. The zero-order valence-electron chi connectivity index (χ0n) is 10.7. The maximum absolute atomic E-state index is 11.9. The third kappa shape index (κ3) is 2.80. The number of aromatic nitrogens is 4. The standard InChI is InChI=1S/C12H14N6O2/c19-11(15-6-8-3-5-13-7-16-8)10-17-12(20-18-10)9-2-1-4-14-9/h3,5,7,9,14H,1-2,4,6H2,(H,15,19). The van der Waals surface area contributed by atoms with Crippen molar-refractivity contribution >= 4 is 5.91 Å². The van der Waals surface area contributed by atoms with Gasteiger partial charge in [0.25, 0.3) is 11.7 Å². The number of rotatable bonds is 4. The van der Waals surface area contributed by atoms with E-state index in [2.05, 4.69) is 30.7 Å². The Morgan fingerprint density at radius 2 is 2.50 bits per heavy atom. The maximum Gasteiger partial charge on any atom is 0.293 e. The molecule has 8 heteroatoms. The molecule has 1 unspecified atom stereocenters. The predicted octanol–water partition coefficient (Wildman–Crippen LogP) is 0.214. The average Bonchev–Trinajstić information content (AvgIpc) is 3.16. The lowest BCUT2D eigenvalue weighted by molar-refractivity contribution is 0.0937. The lowest BCUT2D eigenvalue weighted by Crippen LogP contribution is -2.24. The zero-order valence-corrected chi connectivity index (χ0v) is 10.7. The van der Waals surface area contributed by atoms with Crippen LogP contribution < -0.4 is 10.6 Å². The van der Waals surface area contributed by atoms with Gasteiger partial charge in [0.1, 0.15) is 6.33 Å². The minimum absolute atomic E-state index is 0.0442. The van der Waals surface area contributed by atoms with Gasteiger partial charge in [0.2, 0.25) is 5.89 Å². The van der Waals surface area contributed by atoms with E-state index in [1.165, 1.54) is 6.33 Å². The number of nitrogens with one attached hydrogen (secondary N) is 2. The van der Waals surface area contributed by atoms with Crippen molar-refractivity contribution in [1.29, 1.82) is 0 Å². The zero-order chi connectivity index (χ0) is 13.8. The fourth-order valence-corrected chi connectivity index (χ4v) is 2.04. The van der Waals surface area contributed by atoms with Gasteiger partial charge in [-0.3, -0.25) is 4.79 Å². The van der Waals surface area contributed by atoms with Crippen molar-refractivity contribution in [2.75, 3.05) is 6.54 Å². The minimum Gasteiger partial charge on any atom is -0.344 e. The highest BCUT2D eigenvalue weighted by Crippen LogP contribution is 2.20. The largest absolute Gasteiger partial charge is 0.344 e. The molecule has 2 N–H and O–H groups in total. The maximum atomic E-state index is 11.9. The van der Waals surface area contributed by atoms with Crippen LogP contribution in [0.2, 0.25) is 0 Å². The van der Waals surface area contributed by atoms with Crippen molar-refractivity contribution in [3.63, 3.8) is 0 Å². The molecule has 1 aliphatic rings. The highest BCUT2D eigenvalue weighted by Gasteiger charge is 2.24. The SMILES string of the molecule is O=C(NCc1ccncn1)c1noc(C2CCCN2)n1. The summed E-state index contributed by atoms with van der Waals surface area (Å²) in [5.41, 5.74) is 0.717. The van der Waals surface area contributed by atoms with Crippen LogP contribution >= 0.6 is 0 Å². The molecule has 1 aliphatic heterocycles. The molecule has 2 aromatic heterocycles. The summed E-state index contributed by atoms with van der Waals surface area (Å²) in [5, 5.41) is 9.62. The molecule has 0 bridgehead atoms. The number of hydrogen-bond donors (Lipinski definition) is 2. The third-order valence-corrected chi connectivity index (χ3v) is 3.08. The van der Waals surface area contributed by atoms with Crippen molar-refractivity contribution in [3.8, 4) is 0 Å². The molecule has 8 nitrogen and oxygen atoms in total. The molecule has 1 fully saturated rings. The van der Waals surface area contributed by atoms with Crippen LogP contribution in [0.5, 0.6) is 0 Å². The van der Waals surface area contributed by atoms with E-state index in [9.17, 15) is 4.79 Å². The van der Waals surface area contributed by atoms with Gasteiger partial charge < -0.3 is 15.2 Å². The Hall–Kier alpha value is -2.35. The van der Waals surface area contributed by atoms with Crippen LogP contribution in [0.1, 0.15) is 41.1 Å². The summed E-state index contributed by atoms with van der Waals surface area (Å²) in [6.45, 7) is 1.23. The molecule has 0 radical (unpaired) electrons. The van der Waals surface area contributed by atoms with Gasteiger partial charge in [-0.1, -0.05) is 5.16 Å². The molecule has 104 valence electrons. The highest BCUT2D eigenvalue weighted by atomic mass is 16.5. The number of carbonyl (C=O) groups excluding carboxylic acids is 1. The van der Waals surface area contributed by atoms with E-state index >= 15 is 0 Å². The second-order valence-electron chi connectivity index (χ2n) is 4.49. The molecule has 3 rings (SSSR count). The van der Waals surface area contributed by atoms with Gasteiger partial charge in [-0.05, 0) is 25.5 Å². The first-order chi connectivity index (χ1) is 9.83. The third-order valence-electron chi connectivity index (χ3n) is 3.08. The molecular weight excluding hydrogens is 260 g/mol. The second kappa shape index (κ2) is 5.74. The molecular formula is C12H14N6O2. The summed E-state index contributed by atoms with van der Waals surface area (Å²) in [4.78, 5) is 23.8. The van der Waals surface area contributed by atoms with Gasteiger partial charge in [0.15, 0.2) is 0 Å². The monoisotopic (exact) mass is 274 g/mol. The summed E-state index contributed by atoms with van der Waals surface area (Å²) in [7, 11) is 0. The number of hydrogen-bond acceptors (Lipinski definition) is 7. The van der Waals surface area contributed by atoms with Crippen molar-refractivity contribution in [3.05, 3.63) is 36.0 Å². The number of nitrogens with zero attached hydrogens (tertiary/aromatic N) is 4. The Labute approximate surface area is 115 Å². The second-order valence-corrected chi connectivity index (χ2v) is 4.49. The van der Waals surface area contributed by atoms with E-state index in [0.29, 0.717) is 12.4 Å².